The molecule has 2 fully saturated rings. The molecule has 2 rings (SSSR count). The Labute approximate surface area is 119 Å². The van der Waals surface area contributed by atoms with Gasteiger partial charge in [0.05, 0.1) is 0 Å². The lowest BCUT2D eigenvalue weighted by atomic mass is 9.85. The van der Waals surface area contributed by atoms with E-state index >= 15 is 0 Å². The second-order valence-electron chi connectivity index (χ2n) is 5.96. The van der Waals surface area contributed by atoms with Crippen molar-refractivity contribution >= 4 is 17.9 Å². The summed E-state index contributed by atoms with van der Waals surface area (Å²) in [5.41, 5.74) is -0.561. The van der Waals surface area contributed by atoms with Gasteiger partial charge in [-0.1, -0.05) is 0 Å². The highest BCUT2D eigenvalue weighted by molar-refractivity contribution is 6.08. The smallest absolute Gasteiger partial charge is 0.323 e. The number of carbonyl (C=O) groups is 2. The molecule has 0 aromatic rings. The minimum Gasteiger partial charge on any atom is -0.331 e. The van der Waals surface area contributed by atoms with Crippen LogP contribution in [0.4, 0.5) is 9.59 Å². The molecule has 0 atom stereocenters. The van der Waals surface area contributed by atoms with Crippen molar-refractivity contribution in [1.29, 1.82) is 5.41 Å². The molecule has 0 unspecified atom stereocenters. The molecule has 2 saturated heterocycles. The molecule has 112 valence electrons. The van der Waals surface area contributed by atoms with Gasteiger partial charge in [0, 0.05) is 33.2 Å². The molecule has 7 heteroatoms. The number of nitrogens with zero attached hydrogens (tertiary/aromatic N) is 3. The molecule has 0 aliphatic carbocycles. The lowest BCUT2D eigenvalue weighted by Crippen LogP contribution is -2.59. The number of carbonyl (C=O) groups excluding carboxylic acids is 2. The van der Waals surface area contributed by atoms with Gasteiger partial charge >= 0.3 is 12.1 Å². The molecule has 0 saturated carbocycles. The topological polar surface area (TPSA) is 79.7 Å². The number of piperidine rings is 1. The molecule has 7 nitrogen and oxygen atoms in total. The molecular weight excluding hydrogens is 258 g/mol. The van der Waals surface area contributed by atoms with Crippen LogP contribution >= 0.6 is 0 Å². The van der Waals surface area contributed by atoms with E-state index < -0.39 is 5.54 Å². The number of hydrogen-bond acceptors (Lipinski definition) is 3. The Morgan fingerprint density at radius 3 is 2.35 bits per heavy atom. The summed E-state index contributed by atoms with van der Waals surface area (Å²) in [6.07, 6.45) is 1.23. The van der Waals surface area contributed by atoms with Gasteiger partial charge < -0.3 is 14.7 Å². The third-order valence-electron chi connectivity index (χ3n) is 4.14. The van der Waals surface area contributed by atoms with Gasteiger partial charge in [0.2, 0.25) is 0 Å². The van der Waals surface area contributed by atoms with Gasteiger partial charge in [0.15, 0.2) is 0 Å². The van der Waals surface area contributed by atoms with E-state index in [1.54, 1.807) is 28.8 Å². The van der Waals surface area contributed by atoms with Crippen LogP contribution in [-0.4, -0.2) is 71.4 Å². The average molecular weight is 281 g/mol. The number of nitrogens with one attached hydrogen (secondary N) is 2. The molecule has 2 N–H and O–H groups in total. The van der Waals surface area contributed by atoms with Crippen LogP contribution < -0.4 is 5.32 Å². The Morgan fingerprint density at radius 1 is 1.35 bits per heavy atom. The highest BCUT2D eigenvalue weighted by atomic mass is 16.2. The summed E-state index contributed by atoms with van der Waals surface area (Å²) < 4.78 is 0. The van der Waals surface area contributed by atoms with Crippen molar-refractivity contribution in [3.8, 4) is 0 Å². The Balaban J connectivity index is 2.16. The monoisotopic (exact) mass is 281 g/mol. The van der Waals surface area contributed by atoms with Crippen molar-refractivity contribution in [1.82, 2.24) is 20.0 Å². The number of amides is 4. The second kappa shape index (κ2) is 4.96. The first-order valence-corrected chi connectivity index (χ1v) is 6.95. The van der Waals surface area contributed by atoms with Gasteiger partial charge in [-0.05, 0) is 26.7 Å². The molecule has 1 spiro atoms. The first-order valence-electron chi connectivity index (χ1n) is 6.95. The Bertz CT molecular complexity index is 438. The van der Waals surface area contributed by atoms with Gasteiger partial charge in [-0.15, -0.1) is 0 Å². The minimum atomic E-state index is -0.561. The van der Waals surface area contributed by atoms with Gasteiger partial charge in [-0.2, -0.15) is 0 Å². The van der Waals surface area contributed by atoms with Crippen LogP contribution in [0.1, 0.15) is 26.7 Å². The van der Waals surface area contributed by atoms with Crippen molar-refractivity contribution in [2.24, 2.45) is 0 Å². The zero-order valence-electron chi connectivity index (χ0n) is 12.6. The first kappa shape index (κ1) is 14.6. The molecule has 0 aromatic heterocycles. The van der Waals surface area contributed by atoms with Crippen LogP contribution in [0.3, 0.4) is 0 Å². The quantitative estimate of drug-likeness (QED) is 0.749. The number of amidine groups is 1. The summed E-state index contributed by atoms with van der Waals surface area (Å²) in [5, 5.41) is 10.7. The van der Waals surface area contributed by atoms with Crippen LogP contribution in [0.15, 0.2) is 0 Å². The summed E-state index contributed by atoms with van der Waals surface area (Å²) >= 11 is 0. The Hall–Kier alpha value is -1.79. The van der Waals surface area contributed by atoms with E-state index in [-0.39, 0.29) is 23.9 Å². The first-order chi connectivity index (χ1) is 9.29. The fourth-order valence-corrected chi connectivity index (χ4v) is 3.17. The largest absolute Gasteiger partial charge is 0.331 e. The fourth-order valence-electron chi connectivity index (χ4n) is 3.17. The summed E-state index contributed by atoms with van der Waals surface area (Å²) in [6.45, 7) is 5.05. The minimum absolute atomic E-state index is 0.0141. The fraction of sp³-hybridized carbons (Fsp3) is 0.769. The maximum atomic E-state index is 12.0. The summed E-state index contributed by atoms with van der Waals surface area (Å²) in [5.74, 6) is 0.271. The number of hydrogen-bond donors (Lipinski definition) is 2. The lowest BCUT2D eigenvalue weighted by Gasteiger charge is -2.45. The van der Waals surface area contributed by atoms with Crippen molar-refractivity contribution < 1.29 is 9.59 Å². The normalized spacial score (nSPS) is 21.6. The molecule has 20 heavy (non-hydrogen) atoms. The summed E-state index contributed by atoms with van der Waals surface area (Å²) in [7, 11) is 3.46. The molecule has 2 aliphatic heterocycles. The highest BCUT2D eigenvalue weighted by Crippen LogP contribution is 2.35. The van der Waals surface area contributed by atoms with E-state index in [2.05, 4.69) is 5.32 Å². The van der Waals surface area contributed by atoms with Crippen molar-refractivity contribution in [3.05, 3.63) is 0 Å². The Morgan fingerprint density at radius 2 is 1.90 bits per heavy atom. The third kappa shape index (κ3) is 2.10. The van der Waals surface area contributed by atoms with Crippen LogP contribution in [-0.2, 0) is 0 Å². The molecule has 0 radical (unpaired) electrons. The molecule has 0 bridgehead atoms. The van der Waals surface area contributed by atoms with Crippen LogP contribution in [0, 0.1) is 5.41 Å². The standard InChI is InChI=1S/C13H23N5O2/c1-9(2)18-11(19)15-10(14)13(18)5-7-17(8-6-13)12(20)16(3)4/h9H,5-8H2,1-4H3,(H2,14,15,19). The SMILES string of the molecule is CC(C)N1C(=O)NC(=N)C12CCN(C(=O)N(C)C)CC2. The predicted octanol–water partition coefficient (Wildman–Crippen LogP) is 0.913. The van der Waals surface area contributed by atoms with E-state index in [9.17, 15) is 9.59 Å². The molecule has 4 amide bonds. The van der Waals surface area contributed by atoms with Crippen molar-refractivity contribution in [2.45, 2.75) is 38.3 Å². The molecule has 2 heterocycles. The Kier molecular flexibility index (Phi) is 3.62. The maximum Gasteiger partial charge on any atom is 0.323 e. The molecule has 0 aromatic carbocycles. The third-order valence-corrected chi connectivity index (χ3v) is 4.14. The lowest BCUT2D eigenvalue weighted by molar-refractivity contribution is 0.0887. The number of rotatable bonds is 1. The van der Waals surface area contributed by atoms with Gasteiger partial charge in [-0.25, -0.2) is 9.59 Å². The molecular formula is C13H23N5O2. The van der Waals surface area contributed by atoms with Gasteiger partial charge in [0.1, 0.15) is 11.4 Å². The zero-order valence-corrected chi connectivity index (χ0v) is 12.6. The van der Waals surface area contributed by atoms with Crippen molar-refractivity contribution in [2.75, 3.05) is 27.2 Å². The second-order valence-corrected chi connectivity index (χ2v) is 5.96. The summed E-state index contributed by atoms with van der Waals surface area (Å²) in [4.78, 5) is 29.1. The van der Waals surface area contributed by atoms with E-state index in [1.165, 1.54) is 0 Å². The predicted molar refractivity (Wildman–Crippen MR) is 75.9 cm³/mol. The van der Waals surface area contributed by atoms with Crippen LogP contribution in [0.5, 0.6) is 0 Å². The van der Waals surface area contributed by atoms with Gasteiger partial charge in [-0.3, -0.25) is 10.7 Å². The van der Waals surface area contributed by atoms with E-state index in [4.69, 9.17) is 5.41 Å². The average Bonchev–Trinajstić information content (AvgIpc) is 2.60. The van der Waals surface area contributed by atoms with E-state index in [0.29, 0.717) is 25.9 Å². The summed E-state index contributed by atoms with van der Waals surface area (Å²) in [6, 6.07) is -0.175. The van der Waals surface area contributed by atoms with Crippen LogP contribution in [0.2, 0.25) is 0 Å². The number of urea groups is 2. The van der Waals surface area contributed by atoms with E-state index in [0.717, 1.165) is 0 Å². The highest BCUT2D eigenvalue weighted by Gasteiger charge is 2.52. The van der Waals surface area contributed by atoms with Crippen molar-refractivity contribution in [3.63, 3.8) is 0 Å². The van der Waals surface area contributed by atoms with Gasteiger partial charge in [0.25, 0.3) is 0 Å². The van der Waals surface area contributed by atoms with E-state index in [1.807, 2.05) is 13.8 Å². The molecule has 2 aliphatic rings. The zero-order chi connectivity index (χ0) is 15.1. The number of likely N-dealkylation sites (tertiary alicyclic amines) is 1. The van der Waals surface area contributed by atoms with Crippen LogP contribution in [0.25, 0.3) is 0 Å². The maximum absolute atomic E-state index is 12.0.